The smallest absolute Gasteiger partial charge is 0.231 e. The van der Waals surface area contributed by atoms with E-state index in [2.05, 4.69) is 25.2 Å². The van der Waals surface area contributed by atoms with E-state index in [1.807, 2.05) is 6.07 Å². The van der Waals surface area contributed by atoms with Crippen LogP contribution in [0.4, 0.5) is 0 Å². The predicted molar refractivity (Wildman–Crippen MR) is 76.3 cm³/mol. The van der Waals surface area contributed by atoms with Crippen molar-refractivity contribution in [3.63, 3.8) is 0 Å². The van der Waals surface area contributed by atoms with Crippen LogP contribution in [-0.2, 0) is 6.54 Å². The molecule has 0 atom stereocenters. The molecule has 2 heterocycles. The van der Waals surface area contributed by atoms with Gasteiger partial charge in [0.1, 0.15) is 11.3 Å². The first-order valence-corrected chi connectivity index (χ1v) is 7.30. The number of fused-ring (bicyclic) bond motifs is 2. The molecule has 2 aliphatic rings. The minimum atomic E-state index is 0.301. The van der Waals surface area contributed by atoms with Crippen LogP contribution >= 0.6 is 0 Å². The van der Waals surface area contributed by atoms with E-state index in [-0.39, 0.29) is 0 Å². The molecule has 0 amide bonds. The van der Waals surface area contributed by atoms with E-state index in [0.29, 0.717) is 18.8 Å². The number of furan rings is 1. The SMILES string of the molecule is CC(C)c1c(CNC2CC2)oc2cc3c(cc12)OCO3. The molecule has 1 fully saturated rings. The summed E-state index contributed by atoms with van der Waals surface area (Å²) in [5.74, 6) is 3.07. The third-order valence-electron chi connectivity index (χ3n) is 4.00. The molecule has 1 saturated carbocycles. The van der Waals surface area contributed by atoms with Crippen LogP contribution in [-0.4, -0.2) is 12.8 Å². The van der Waals surface area contributed by atoms with Gasteiger partial charge in [0.2, 0.25) is 6.79 Å². The summed E-state index contributed by atoms with van der Waals surface area (Å²) >= 11 is 0. The van der Waals surface area contributed by atoms with Crippen molar-refractivity contribution in [2.75, 3.05) is 6.79 Å². The Bertz CT molecular complexity index is 655. The molecular formula is C16H19NO3. The highest BCUT2D eigenvalue weighted by Crippen LogP contribution is 2.41. The van der Waals surface area contributed by atoms with Gasteiger partial charge in [-0.05, 0) is 24.8 Å². The molecule has 4 rings (SSSR count). The Morgan fingerprint density at radius 3 is 2.65 bits per heavy atom. The average molecular weight is 273 g/mol. The summed E-state index contributed by atoms with van der Waals surface area (Å²) in [6, 6.07) is 4.68. The molecule has 2 aromatic rings. The maximum atomic E-state index is 6.07. The van der Waals surface area contributed by atoms with Gasteiger partial charge in [-0.25, -0.2) is 0 Å². The molecule has 4 nitrogen and oxygen atoms in total. The van der Waals surface area contributed by atoms with Gasteiger partial charge in [-0.15, -0.1) is 0 Å². The number of hydrogen-bond donors (Lipinski definition) is 1. The molecule has 1 aromatic carbocycles. The number of ether oxygens (including phenoxy) is 2. The lowest BCUT2D eigenvalue weighted by Crippen LogP contribution is -2.15. The Balaban J connectivity index is 1.79. The number of nitrogens with one attached hydrogen (secondary N) is 1. The van der Waals surface area contributed by atoms with E-state index in [1.54, 1.807) is 0 Å². The second kappa shape index (κ2) is 4.42. The van der Waals surface area contributed by atoms with Gasteiger partial charge < -0.3 is 19.2 Å². The topological polar surface area (TPSA) is 43.6 Å². The maximum absolute atomic E-state index is 6.07. The fourth-order valence-electron chi connectivity index (χ4n) is 2.84. The first kappa shape index (κ1) is 12.1. The highest BCUT2D eigenvalue weighted by atomic mass is 16.7. The molecule has 0 unspecified atom stereocenters. The Kier molecular flexibility index (Phi) is 2.67. The van der Waals surface area contributed by atoms with Gasteiger partial charge in [-0.1, -0.05) is 13.8 Å². The largest absolute Gasteiger partial charge is 0.459 e. The highest BCUT2D eigenvalue weighted by molar-refractivity contribution is 5.86. The van der Waals surface area contributed by atoms with Gasteiger partial charge >= 0.3 is 0 Å². The van der Waals surface area contributed by atoms with Crippen molar-refractivity contribution in [3.8, 4) is 11.5 Å². The minimum absolute atomic E-state index is 0.301. The monoisotopic (exact) mass is 273 g/mol. The Labute approximate surface area is 118 Å². The van der Waals surface area contributed by atoms with Gasteiger partial charge in [-0.2, -0.15) is 0 Å². The third-order valence-corrected chi connectivity index (χ3v) is 4.00. The molecule has 20 heavy (non-hydrogen) atoms. The highest BCUT2D eigenvalue weighted by Gasteiger charge is 2.25. The molecule has 0 radical (unpaired) electrons. The van der Waals surface area contributed by atoms with E-state index < -0.39 is 0 Å². The van der Waals surface area contributed by atoms with E-state index in [1.165, 1.54) is 18.4 Å². The number of benzene rings is 1. The van der Waals surface area contributed by atoms with Crippen LogP contribution in [0.5, 0.6) is 11.5 Å². The maximum Gasteiger partial charge on any atom is 0.231 e. The van der Waals surface area contributed by atoms with Gasteiger partial charge in [0.25, 0.3) is 0 Å². The zero-order valence-corrected chi connectivity index (χ0v) is 11.9. The Morgan fingerprint density at radius 2 is 1.95 bits per heavy atom. The summed E-state index contributed by atoms with van der Waals surface area (Å²) in [7, 11) is 0. The lowest BCUT2D eigenvalue weighted by atomic mass is 9.99. The Morgan fingerprint density at radius 1 is 1.20 bits per heavy atom. The summed E-state index contributed by atoms with van der Waals surface area (Å²) in [4.78, 5) is 0. The minimum Gasteiger partial charge on any atom is -0.459 e. The van der Waals surface area contributed by atoms with E-state index >= 15 is 0 Å². The molecule has 1 N–H and O–H groups in total. The molecular weight excluding hydrogens is 254 g/mol. The Hall–Kier alpha value is -1.68. The normalized spacial score (nSPS) is 17.4. The van der Waals surface area contributed by atoms with Crippen LogP contribution in [0.3, 0.4) is 0 Å². The molecule has 4 heteroatoms. The fourth-order valence-corrected chi connectivity index (χ4v) is 2.84. The molecule has 1 aromatic heterocycles. The predicted octanol–water partition coefficient (Wildman–Crippen LogP) is 3.54. The number of rotatable bonds is 4. The molecule has 0 spiro atoms. The van der Waals surface area contributed by atoms with Crippen LogP contribution in [0.2, 0.25) is 0 Å². The zero-order valence-electron chi connectivity index (χ0n) is 11.9. The quantitative estimate of drug-likeness (QED) is 0.925. The van der Waals surface area contributed by atoms with Gasteiger partial charge in [-0.3, -0.25) is 0 Å². The first-order chi connectivity index (χ1) is 9.72. The second-order valence-corrected chi connectivity index (χ2v) is 5.95. The van der Waals surface area contributed by atoms with Crippen molar-refractivity contribution in [1.82, 2.24) is 5.32 Å². The first-order valence-electron chi connectivity index (χ1n) is 7.30. The third kappa shape index (κ3) is 1.95. The zero-order chi connectivity index (χ0) is 13.7. The van der Waals surface area contributed by atoms with Gasteiger partial charge in [0.05, 0.1) is 6.54 Å². The standard InChI is InChI=1S/C16H19NO3/c1-9(2)16-11-5-13-14(19-8-18-13)6-12(11)20-15(16)7-17-10-3-4-10/h5-6,9-10,17H,3-4,7-8H2,1-2H3. The van der Waals surface area contributed by atoms with Crippen LogP contribution in [0.25, 0.3) is 11.0 Å². The van der Waals surface area contributed by atoms with Crippen LogP contribution in [0.1, 0.15) is 43.9 Å². The van der Waals surface area contributed by atoms with Crippen LogP contribution < -0.4 is 14.8 Å². The van der Waals surface area contributed by atoms with Crippen molar-refractivity contribution in [2.24, 2.45) is 0 Å². The average Bonchev–Trinajstić information content (AvgIpc) is 3.01. The summed E-state index contributed by atoms with van der Waals surface area (Å²) < 4.78 is 17.0. The van der Waals surface area contributed by atoms with Crippen molar-refractivity contribution in [2.45, 2.75) is 45.2 Å². The number of hydrogen-bond acceptors (Lipinski definition) is 4. The van der Waals surface area contributed by atoms with Crippen molar-refractivity contribution >= 4 is 11.0 Å². The van der Waals surface area contributed by atoms with Gasteiger partial charge in [0, 0.05) is 23.1 Å². The molecule has 1 aliphatic carbocycles. The summed E-state index contributed by atoms with van der Waals surface area (Å²) in [6.45, 7) is 5.51. The van der Waals surface area contributed by atoms with Gasteiger partial charge in [0.15, 0.2) is 11.5 Å². The summed E-state index contributed by atoms with van der Waals surface area (Å²) in [5.41, 5.74) is 2.18. The van der Waals surface area contributed by atoms with Crippen LogP contribution in [0, 0.1) is 0 Å². The van der Waals surface area contributed by atoms with Crippen molar-refractivity contribution in [1.29, 1.82) is 0 Å². The van der Waals surface area contributed by atoms with E-state index in [4.69, 9.17) is 13.9 Å². The molecule has 0 bridgehead atoms. The molecule has 1 aliphatic heterocycles. The second-order valence-electron chi connectivity index (χ2n) is 5.95. The summed E-state index contributed by atoms with van der Waals surface area (Å²) in [5, 5.41) is 4.68. The molecule has 0 saturated heterocycles. The lowest BCUT2D eigenvalue weighted by molar-refractivity contribution is 0.174. The lowest BCUT2D eigenvalue weighted by Gasteiger charge is -2.07. The fraction of sp³-hybridized carbons (Fsp3) is 0.500. The van der Waals surface area contributed by atoms with Crippen molar-refractivity contribution < 1.29 is 13.9 Å². The van der Waals surface area contributed by atoms with E-state index in [0.717, 1.165) is 34.8 Å². The van der Waals surface area contributed by atoms with E-state index in [9.17, 15) is 0 Å². The van der Waals surface area contributed by atoms with Crippen molar-refractivity contribution in [3.05, 3.63) is 23.5 Å². The summed E-state index contributed by atoms with van der Waals surface area (Å²) in [6.07, 6.45) is 2.57. The molecule has 106 valence electrons. The van der Waals surface area contributed by atoms with Crippen LogP contribution in [0.15, 0.2) is 16.5 Å².